The Balaban J connectivity index is 0.000000774. The van der Waals surface area contributed by atoms with Gasteiger partial charge in [0.1, 0.15) is 6.04 Å². The maximum Gasteiger partial charge on any atom is 0.327 e. The summed E-state index contributed by atoms with van der Waals surface area (Å²) in [5, 5.41) is 2.27. The summed E-state index contributed by atoms with van der Waals surface area (Å²) in [6.45, 7) is 5.93. The molecule has 1 saturated heterocycles. The van der Waals surface area contributed by atoms with E-state index in [1.54, 1.807) is 0 Å². The molecule has 3 rings (SSSR count). The van der Waals surface area contributed by atoms with E-state index >= 15 is 0 Å². The number of imidazole rings is 1. The van der Waals surface area contributed by atoms with Gasteiger partial charge >= 0.3 is 5.69 Å². The molecule has 1 aromatic heterocycles. The first-order chi connectivity index (χ1) is 10.1. The maximum absolute atomic E-state index is 12.0. The van der Waals surface area contributed by atoms with Crippen LogP contribution >= 0.6 is 0 Å². The highest BCUT2D eigenvalue weighted by molar-refractivity contribution is 6.00. The van der Waals surface area contributed by atoms with Gasteiger partial charge in [-0.3, -0.25) is 19.5 Å². The molecule has 2 heterocycles. The van der Waals surface area contributed by atoms with E-state index < -0.39 is 11.9 Å². The van der Waals surface area contributed by atoms with Crippen molar-refractivity contribution in [2.24, 2.45) is 0 Å². The molecular weight excluding hydrogens is 270 g/mol. The molecular formula is C15H19N3O3. The highest BCUT2D eigenvalue weighted by atomic mass is 16.2. The van der Waals surface area contributed by atoms with Gasteiger partial charge in [-0.05, 0) is 31.0 Å². The fourth-order valence-electron chi connectivity index (χ4n) is 2.48. The number of amides is 2. The van der Waals surface area contributed by atoms with Crippen molar-refractivity contribution in [2.45, 2.75) is 39.7 Å². The lowest BCUT2D eigenvalue weighted by atomic mass is 10.1. The number of aromatic nitrogens is 2. The zero-order valence-corrected chi connectivity index (χ0v) is 12.4. The number of carbonyl (C=O) groups excluding carboxylic acids is 2. The van der Waals surface area contributed by atoms with Crippen molar-refractivity contribution in [1.82, 2.24) is 14.9 Å². The first kappa shape index (κ1) is 15.0. The van der Waals surface area contributed by atoms with E-state index in [0.717, 1.165) is 5.56 Å². The minimum Gasteiger partial charge on any atom is -0.306 e. The van der Waals surface area contributed by atoms with Gasteiger partial charge in [0.15, 0.2) is 0 Å². The largest absolute Gasteiger partial charge is 0.327 e. The molecule has 1 aliphatic heterocycles. The highest BCUT2D eigenvalue weighted by Crippen LogP contribution is 2.22. The lowest BCUT2D eigenvalue weighted by molar-refractivity contribution is -0.135. The van der Waals surface area contributed by atoms with Crippen molar-refractivity contribution in [3.63, 3.8) is 0 Å². The van der Waals surface area contributed by atoms with Gasteiger partial charge in [-0.15, -0.1) is 0 Å². The maximum atomic E-state index is 12.0. The zero-order chi connectivity index (χ0) is 15.6. The Morgan fingerprint density at radius 2 is 1.90 bits per heavy atom. The molecule has 6 heteroatoms. The number of benzene rings is 1. The Bertz CT molecular complexity index is 742. The number of aromatic amines is 1. The summed E-state index contributed by atoms with van der Waals surface area (Å²) in [7, 11) is 0. The van der Waals surface area contributed by atoms with Gasteiger partial charge in [-0.25, -0.2) is 4.79 Å². The molecule has 1 aromatic carbocycles. The summed E-state index contributed by atoms with van der Waals surface area (Å²) in [6.07, 6.45) is 0.604. The Morgan fingerprint density at radius 3 is 2.57 bits per heavy atom. The average molecular weight is 289 g/mol. The van der Waals surface area contributed by atoms with Gasteiger partial charge in [-0.2, -0.15) is 0 Å². The first-order valence-corrected chi connectivity index (χ1v) is 7.11. The second kappa shape index (κ2) is 5.95. The molecule has 21 heavy (non-hydrogen) atoms. The van der Waals surface area contributed by atoms with Crippen molar-refractivity contribution < 1.29 is 9.59 Å². The minimum absolute atomic E-state index is 0.251. The third kappa shape index (κ3) is 2.74. The fourth-order valence-corrected chi connectivity index (χ4v) is 2.48. The van der Waals surface area contributed by atoms with E-state index in [0.29, 0.717) is 17.5 Å². The predicted octanol–water partition coefficient (Wildman–Crippen LogP) is 1.64. The van der Waals surface area contributed by atoms with Gasteiger partial charge in [0.05, 0.1) is 11.0 Å². The lowest BCUT2D eigenvalue weighted by Crippen LogP contribution is -2.43. The van der Waals surface area contributed by atoms with E-state index in [2.05, 4.69) is 10.3 Å². The van der Waals surface area contributed by atoms with Crippen molar-refractivity contribution in [1.29, 1.82) is 0 Å². The Morgan fingerprint density at radius 1 is 1.19 bits per heavy atom. The lowest BCUT2D eigenvalue weighted by Gasteiger charge is -2.21. The molecule has 1 aliphatic rings. The topological polar surface area (TPSA) is 84.0 Å². The van der Waals surface area contributed by atoms with Crippen molar-refractivity contribution in [3.05, 3.63) is 34.2 Å². The second-order valence-electron chi connectivity index (χ2n) is 4.79. The van der Waals surface area contributed by atoms with Crippen LogP contribution in [0.25, 0.3) is 11.0 Å². The zero-order valence-electron chi connectivity index (χ0n) is 12.4. The summed E-state index contributed by atoms with van der Waals surface area (Å²) in [5.74, 6) is -0.704. The number of hydrogen-bond acceptors (Lipinski definition) is 3. The molecule has 0 aliphatic carbocycles. The van der Waals surface area contributed by atoms with Gasteiger partial charge in [0.25, 0.3) is 0 Å². The van der Waals surface area contributed by atoms with Gasteiger partial charge in [0.2, 0.25) is 11.8 Å². The molecule has 112 valence electrons. The summed E-state index contributed by atoms with van der Waals surface area (Å²) < 4.78 is 1.43. The molecule has 0 bridgehead atoms. The molecule has 0 radical (unpaired) electrons. The van der Waals surface area contributed by atoms with E-state index in [1.165, 1.54) is 4.57 Å². The number of H-pyrrole nitrogens is 1. The van der Waals surface area contributed by atoms with Crippen LogP contribution in [-0.4, -0.2) is 21.4 Å². The van der Waals surface area contributed by atoms with Gasteiger partial charge < -0.3 is 4.98 Å². The number of piperidine rings is 1. The summed E-state index contributed by atoms with van der Waals surface area (Å²) in [5.41, 5.74) is 2.10. The number of aryl methyl sites for hydroxylation is 1. The van der Waals surface area contributed by atoms with Crippen molar-refractivity contribution >= 4 is 22.8 Å². The Hall–Kier alpha value is -2.37. The summed E-state index contributed by atoms with van der Waals surface area (Å²) in [6, 6.07) is 4.94. The number of imide groups is 1. The number of hydrogen-bond donors (Lipinski definition) is 2. The number of nitrogens with one attached hydrogen (secondary N) is 2. The summed E-state index contributed by atoms with van der Waals surface area (Å²) >= 11 is 0. The van der Waals surface area contributed by atoms with Crippen LogP contribution in [-0.2, 0) is 9.59 Å². The number of carbonyl (C=O) groups is 2. The minimum atomic E-state index is -0.623. The summed E-state index contributed by atoms with van der Waals surface area (Å²) in [4.78, 5) is 37.8. The molecule has 0 spiro atoms. The van der Waals surface area contributed by atoms with Crippen LogP contribution in [0.15, 0.2) is 23.0 Å². The smallest absolute Gasteiger partial charge is 0.306 e. The first-order valence-electron chi connectivity index (χ1n) is 7.11. The molecule has 1 atom stereocenters. The Kier molecular flexibility index (Phi) is 4.26. The highest BCUT2D eigenvalue weighted by Gasteiger charge is 2.30. The van der Waals surface area contributed by atoms with Crippen molar-refractivity contribution in [2.75, 3.05) is 0 Å². The number of rotatable bonds is 1. The molecule has 1 unspecified atom stereocenters. The van der Waals surface area contributed by atoms with Crippen LogP contribution in [0.4, 0.5) is 0 Å². The molecule has 2 aromatic rings. The fraction of sp³-hybridized carbons (Fsp3) is 0.400. The molecule has 6 nitrogen and oxygen atoms in total. The van der Waals surface area contributed by atoms with Crippen LogP contribution in [0.3, 0.4) is 0 Å². The Labute approximate surface area is 122 Å². The molecule has 2 N–H and O–H groups in total. The predicted molar refractivity (Wildman–Crippen MR) is 80.1 cm³/mol. The molecule has 2 amide bonds. The SMILES string of the molecule is CC.Cc1ccc2c(c1)[nH]c(=O)n2C1CCC(=O)NC1=O. The van der Waals surface area contributed by atoms with Crippen LogP contribution in [0.5, 0.6) is 0 Å². The quantitative estimate of drug-likeness (QED) is 0.783. The van der Waals surface area contributed by atoms with Gasteiger partial charge in [-0.1, -0.05) is 19.9 Å². The van der Waals surface area contributed by atoms with Crippen LogP contribution in [0.1, 0.15) is 38.3 Å². The standard InChI is InChI=1S/C13H13N3O3.C2H6/c1-7-2-3-9-8(6-7)14-13(19)16(9)10-4-5-11(17)15-12(10)18;1-2/h2-3,6,10H,4-5H2,1H3,(H,14,19)(H,15,17,18);1-2H3. The normalized spacial score (nSPS) is 18.1. The number of nitrogens with zero attached hydrogens (tertiary/aromatic N) is 1. The van der Waals surface area contributed by atoms with E-state index in [9.17, 15) is 14.4 Å². The van der Waals surface area contributed by atoms with E-state index in [-0.39, 0.29) is 18.0 Å². The monoisotopic (exact) mass is 289 g/mol. The molecule has 1 fully saturated rings. The number of fused-ring (bicyclic) bond motifs is 1. The van der Waals surface area contributed by atoms with Crippen molar-refractivity contribution in [3.8, 4) is 0 Å². The van der Waals surface area contributed by atoms with Crippen LogP contribution in [0, 0.1) is 6.92 Å². The van der Waals surface area contributed by atoms with E-state index in [4.69, 9.17) is 0 Å². The average Bonchev–Trinajstić information content (AvgIpc) is 2.76. The third-order valence-electron chi connectivity index (χ3n) is 3.39. The second-order valence-corrected chi connectivity index (χ2v) is 4.79. The van der Waals surface area contributed by atoms with Gasteiger partial charge in [0, 0.05) is 6.42 Å². The third-order valence-corrected chi connectivity index (χ3v) is 3.39. The van der Waals surface area contributed by atoms with Crippen LogP contribution in [0.2, 0.25) is 0 Å². The van der Waals surface area contributed by atoms with E-state index in [1.807, 2.05) is 39.0 Å². The van der Waals surface area contributed by atoms with Crippen LogP contribution < -0.4 is 11.0 Å². The molecule has 0 saturated carbocycles.